The quantitative estimate of drug-likeness (QED) is 0.435. The molecule has 0 amide bonds. The van der Waals surface area contributed by atoms with Crippen LogP contribution in [-0.2, 0) is 4.74 Å². The van der Waals surface area contributed by atoms with Crippen LogP contribution in [0.5, 0.6) is 17.2 Å². The van der Waals surface area contributed by atoms with Gasteiger partial charge < -0.3 is 44.2 Å². The van der Waals surface area contributed by atoms with Crippen molar-refractivity contribution in [3.63, 3.8) is 0 Å². The average Bonchev–Trinajstić information content (AvgIpc) is 2.67. The Morgan fingerprint density at radius 3 is 2.45 bits per heavy atom. The van der Waals surface area contributed by atoms with Crippen molar-refractivity contribution in [3.8, 4) is 28.6 Å². The first kappa shape index (κ1) is 21.1. The van der Waals surface area contributed by atoms with E-state index >= 15 is 0 Å². The highest BCUT2D eigenvalue weighted by atomic mass is 16.7. The van der Waals surface area contributed by atoms with Gasteiger partial charge in [0.05, 0.1) is 25.3 Å². The van der Waals surface area contributed by atoms with Crippen LogP contribution in [-0.4, -0.2) is 70.0 Å². The van der Waals surface area contributed by atoms with Crippen molar-refractivity contribution in [2.75, 3.05) is 13.7 Å². The highest BCUT2D eigenvalue weighted by Gasteiger charge is 2.45. The van der Waals surface area contributed by atoms with Gasteiger partial charge in [-0.2, -0.15) is 0 Å². The third-order valence-corrected chi connectivity index (χ3v) is 4.60. The van der Waals surface area contributed by atoms with Gasteiger partial charge in [-0.05, 0) is 18.6 Å². The molecule has 0 radical (unpaired) electrons. The first-order valence-corrected chi connectivity index (χ1v) is 8.75. The van der Waals surface area contributed by atoms with Crippen LogP contribution in [0.3, 0.4) is 0 Å². The number of hydrogen-bond acceptors (Lipinski definition) is 10. The number of ether oxygens (including phenoxy) is 3. The largest absolute Gasteiger partial charge is 0.508 e. The summed E-state index contributed by atoms with van der Waals surface area (Å²) in [7, 11) is 1.38. The van der Waals surface area contributed by atoms with Crippen LogP contribution in [0.25, 0.3) is 11.3 Å². The maximum absolute atomic E-state index is 11.8. The van der Waals surface area contributed by atoms with Crippen molar-refractivity contribution in [2.24, 2.45) is 0 Å². The van der Waals surface area contributed by atoms with Gasteiger partial charge in [-0.1, -0.05) is 0 Å². The molecule has 1 aliphatic heterocycles. The van der Waals surface area contributed by atoms with E-state index in [1.165, 1.54) is 25.3 Å². The van der Waals surface area contributed by atoms with E-state index in [4.69, 9.17) is 18.6 Å². The smallest absolute Gasteiger partial charge is 0.339 e. The summed E-state index contributed by atoms with van der Waals surface area (Å²) in [6.45, 7) is 1.01. The van der Waals surface area contributed by atoms with E-state index < -0.39 is 42.9 Å². The molecular formula is C19H22O10. The molecule has 0 spiro atoms. The summed E-state index contributed by atoms with van der Waals surface area (Å²) >= 11 is 0. The van der Waals surface area contributed by atoms with E-state index in [1.807, 2.05) is 0 Å². The summed E-state index contributed by atoms with van der Waals surface area (Å²) in [6, 6.07) is 5.22. The van der Waals surface area contributed by atoms with E-state index in [9.17, 15) is 30.3 Å². The van der Waals surface area contributed by atoms with Crippen molar-refractivity contribution >= 4 is 0 Å². The molecule has 2 heterocycles. The van der Waals surface area contributed by atoms with Gasteiger partial charge in [0, 0.05) is 12.1 Å². The van der Waals surface area contributed by atoms with Crippen LogP contribution in [0, 0.1) is 6.92 Å². The molecule has 1 fully saturated rings. The predicted molar refractivity (Wildman–Crippen MR) is 97.8 cm³/mol. The van der Waals surface area contributed by atoms with Crippen molar-refractivity contribution < 1.29 is 44.2 Å². The number of benzene rings is 1. The van der Waals surface area contributed by atoms with Crippen LogP contribution in [0.2, 0.25) is 0 Å². The molecule has 5 atom stereocenters. The van der Waals surface area contributed by atoms with Crippen LogP contribution in [0.1, 0.15) is 5.56 Å². The third kappa shape index (κ3) is 4.21. The van der Waals surface area contributed by atoms with Gasteiger partial charge in [0.2, 0.25) is 6.29 Å². The van der Waals surface area contributed by atoms with Crippen molar-refractivity contribution in [2.45, 2.75) is 37.6 Å². The zero-order valence-corrected chi connectivity index (χ0v) is 15.7. The fraction of sp³-hybridized carbons (Fsp3) is 0.421. The molecule has 2 aromatic rings. The Balaban J connectivity index is 2.04. The van der Waals surface area contributed by atoms with Gasteiger partial charge in [-0.3, -0.25) is 0 Å². The minimum Gasteiger partial charge on any atom is -0.508 e. The highest BCUT2D eigenvalue weighted by molar-refractivity contribution is 5.72. The maximum atomic E-state index is 11.8. The number of phenols is 1. The Hall–Kier alpha value is -2.63. The number of aliphatic hydroxyl groups excluding tert-OH is 4. The first-order chi connectivity index (χ1) is 13.7. The van der Waals surface area contributed by atoms with E-state index in [0.717, 1.165) is 6.07 Å². The number of rotatable bonds is 5. The number of aromatic hydroxyl groups is 1. The second-order valence-corrected chi connectivity index (χ2v) is 6.63. The maximum Gasteiger partial charge on any atom is 0.339 e. The molecule has 0 unspecified atom stereocenters. The SMILES string of the molecule is COc1cc(-c2c(C)cc(O)cc2O[C@@H]2O[C@@H](CO)[C@@H](O)[C@@H](O)[C@H]2O)oc(=O)c1. The lowest BCUT2D eigenvalue weighted by atomic mass is 9.99. The number of aliphatic hydroxyl groups is 4. The normalized spacial score (nSPS) is 26.9. The molecule has 1 aromatic heterocycles. The minimum absolute atomic E-state index is 0.0248. The van der Waals surface area contributed by atoms with Gasteiger partial charge >= 0.3 is 5.63 Å². The Labute approximate surface area is 165 Å². The van der Waals surface area contributed by atoms with E-state index in [2.05, 4.69) is 0 Å². The summed E-state index contributed by atoms with van der Waals surface area (Å²) in [6.07, 6.45) is -7.49. The molecule has 10 nitrogen and oxygen atoms in total. The zero-order chi connectivity index (χ0) is 21.3. The number of methoxy groups -OCH3 is 1. The Morgan fingerprint density at radius 2 is 1.79 bits per heavy atom. The molecule has 5 N–H and O–H groups in total. The van der Waals surface area contributed by atoms with E-state index in [0.29, 0.717) is 5.56 Å². The molecule has 1 aliphatic rings. The topological polar surface area (TPSA) is 159 Å². The number of phenolic OH excluding ortho intramolecular Hbond substituents is 1. The van der Waals surface area contributed by atoms with E-state index in [-0.39, 0.29) is 28.6 Å². The van der Waals surface area contributed by atoms with Gasteiger partial charge in [0.15, 0.2) is 0 Å². The zero-order valence-electron chi connectivity index (χ0n) is 15.7. The molecule has 3 rings (SSSR count). The van der Waals surface area contributed by atoms with Crippen LogP contribution >= 0.6 is 0 Å². The molecule has 1 saturated heterocycles. The van der Waals surface area contributed by atoms with Crippen LogP contribution in [0.4, 0.5) is 0 Å². The van der Waals surface area contributed by atoms with Crippen molar-refractivity contribution in [3.05, 3.63) is 40.2 Å². The van der Waals surface area contributed by atoms with Crippen molar-refractivity contribution in [1.82, 2.24) is 0 Å². The molecule has 158 valence electrons. The van der Waals surface area contributed by atoms with Crippen LogP contribution < -0.4 is 15.1 Å². The summed E-state index contributed by atoms with van der Waals surface area (Å²) in [5.74, 6) is 0.119. The standard InChI is InChI=1S/C19H22O10/c1-8-3-9(21)4-11(15(8)12-5-10(26-2)6-14(22)27-12)28-19-18(25)17(24)16(23)13(7-20)29-19/h3-6,13,16-21,23-25H,7H2,1-2H3/t13-,16+,17+,18+,19+/m0/s1. The summed E-state index contributed by atoms with van der Waals surface area (Å²) < 4.78 is 21.3. The minimum atomic E-state index is -1.65. The molecular weight excluding hydrogens is 388 g/mol. The molecule has 29 heavy (non-hydrogen) atoms. The molecule has 0 saturated carbocycles. The van der Waals surface area contributed by atoms with Gasteiger partial charge in [0.1, 0.15) is 47.4 Å². The van der Waals surface area contributed by atoms with Gasteiger partial charge in [-0.25, -0.2) is 4.79 Å². The summed E-state index contributed by atoms with van der Waals surface area (Å²) in [4.78, 5) is 11.8. The third-order valence-electron chi connectivity index (χ3n) is 4.60. The Morgan fingerprint density at radius 1 is 1.07 bits per heavy atom. The van der Waals surface area contributed by atoms with Crippen LogP contribution in [0.15, 0.2) is 33.5 Å². The average molecular weight is 410 g/mol. The Kier molecular flexibility index (Phi) is 6.10. The molecule has 10 heteroatoms. The number of aryl methyl sites for hydroxylation is 1. The Bertz CT molecular complexity index is 922. The molecule has 0 bridgehead atoms. The lowest BCUT2D eigenvalue weighted by Crippen LogP contribution is -2.60. The fourth-order valence-electron chi connectivity index (χ4n) is 3.13. The van der Waals surface area contributed by atoms with Gasteiger partial charge in [0.25, 0.3) is 0 Å². The summed E-state index contributed by atoms with van der Waals surface area (Å²) in [5.41, 5.74) is 0.0716. The number of hydrogen-bond donors (Lipinski definition) is 5. The highest BCUT2D eigenvalue weighted by Crippen LogP contribution is 2.38. The fourth-order valence-corrected chi connectivity index (χ4v) is 3.13. The van der Waals surface area contributed by atoms with E-state index in [1.54, 1.807) is 6.92 Å². The van der Waals surface area contributed by atoms with Gasteiger partial charge in [-0.15, -0.1) is 0 Å². The second kappa shape index (κ2) is 8.39. The lowest BCUT2D eigenvalue weighted by Gasteiger charge is -2.39. The summed E-state index contributed by atoms with van der Waals surface area (Å²) in [5, 5.41) is 49.4. The monoisotopic (exact) mass is 410 g/mol. The predicted octanol–water partition coefficient (Wildman–Crippen LogP) is -0.492. The first-order valence-electron chi connectivity index (χ1n) is 8.75. The lowest BCUT2D eigenvalue weighted by molar-refractivity contribution is -0.277. The van der Waals surface area contributed by atoms with Crippen molar-refractivity contribution in [1.29, 1.82) is 0 Å². The molecule has 1 aromatic carbocycles. The molecule has 0 aliphatic carbocycles. The second-order valence-electron chi connectivity index (χ2n) is 6.63.